The predicted molar refractivity (Wildman–Crippen MR) is 133 cm³/mol. The van der Waals surface area contributed by atoms with Crippen LogP contribution in [0.2, 0.25) is 0 Å². The Hall–Kier alpha value is -2.81. The van der Waals surface area contributed by atoms with Crippen molar-refractivity contribution < 1.29 is 13.9 Å². The summed E-state index contributed by atoms with van der Waals surface area (Å²) in [6, 6.07) is 23.2. The lowest BCUT2D eigenvalue weighted by Crippen LogP contribution is -2.20. The Bertz CT molecular complexity index is 1010. The smallest absolute Gasteiger partial charge is 0.165 e. The molecule has 1 aliphatic rings. The molecule has 3 aromatic carbocycles. The molecule has 2 nitrogen and oxygen atoms in total. The van der Waals surface area contributed by atoms with Crippen molar-refractivity contribution in [2.45, 2.75) is 76.7 Å². The highest BCUT2D eigenvalue weighted by Crippen LogP contribution is 2.32. The maximum atomic E-state index is 14.2. The van der Waals surface area contributed by atoms with Crippen LogP contribution < -0.4 is 9.47 Å². The van der Waals surface area contributed by atoms with E-state index in [0.717, 1.165) is 30.6 Å². The fourth-order valence-corrected chi connectivity index (χ4v) is 4.64. The molecule has 0 atom stereocenters. The Labute approximate surface area is 197 Å². The Morgan fingerprint density at radius 3 is 2.30 bits per heavy atom. The van der Waals surface area contributed by atoms with Crippen molar-refractivity contribution in [2.75, 3.05) is 0 Å². The van der Waals surface area contributed by atoms with Crippen LogP contribution in [0.5, 0.6) is 17.2 Å². The zero-order chi connectivity index (χ0) is 23.1. The van der Waals surface area contributed by atoms with Gasteiger partial charge in [-0.2, -0.15) is 0 Å². The minimum atomic E-state index is -0.335. The van der Waals surface area contributed by atoms with E-state index >= 15 is 0 Å². The molecule has 1 aliphatic carbocycles. The number of aryl methyl sites for hydroxylation is 1. The molecule has 4 rings (SSSR count). The molecular formula is C30H35FO2. The van der Waals surface area contributed by atoms with E-state index < -0.39 is 0 Å². The molecule has 0 heterocycles. The van der Waals surface area contributed by atoms with Crippen LogP contribution in [0.25, 0.3) is 0 Å². The van der Waals surface area contributed by atoms with Crippen LogP contribution in [0, 0.1) is 5.82 Å². The fourth-order valence-electron chi connectivity index (χ4n) is 4.64. The topological polar surface area (TPSA) is 18.5 Å². The van der Waals surface area contributed by atoms with Crippen LogP contribution >= 0.6 is 0 Å². The zero-order valence-electron chi connectivity index (χ0n) is 19.9. The van der Waals surface area contributed by atoms with Crippen molar-refractivity contribution in [3.05, 3.63) is 89.7 Å². The number of hydrogen-bond donors (Lipinski definition) is 0. The monoisotopic (exact) mass is 446 g/mol. The van der Waals surface area contributed by atoms with Gasteiger partial charge in [0.15, 0.2) is 11.6 Å². The largest absolute Gasteiger partial charge is 0.490 e. The molecule has 0 aromatic heterocycles. The van der Waals surface area contributed by atoms with E-state index in [1.165, 1.54) is 43.7 Å². The van der Waals surface area contributed by atoms with Gasteiger partial charge >= 0.3 is 0 Å². The summed E-state index contributed by atoms with van der Waals surface area (Å²) in [5.74, 6) is 1.58. The van der Waals surface area contributed by atoms with Gasteiger partial charge in [-0.25, -0.2) is 4.39 Å². The molecule has 1 fully saturated rings. The summed E-state index contributed by atoms with van der Waals surface area (Å²) < 4.78 is 26.2. The molecule has 3 aromatic rings. The number of halogens is 1. The first-order chi connectivity index (χ1) is 16.0. The second-order valence-corrected chi connectivity index (χ2v) is 9.82. The summed E-state index contributed by atoms with van der Waals surface area (Å²) in [7, 11) is 0. The van der Waals surface area contributed by atoms with Gasteiger partial charge < -0.3 is 9.47 Å². The van der Waals surface area contributed by atoms with Gasteiger partial charge in [0, 0.05) is 0 Å². The van der Waals surface area contributed by atoms with Crippen LogP contribution in [-0.2, 0) is 11.8 Å². The predicted octanol–water partition coefficient (Wildman–Crippen LogP) is 8.63. The molecule has 0 bridgehead atoms. The standard InChI is InChI=1S/C30H35FO2/c1-30(2,24-16-18-27(19-17-24)32-25-11-5-3-6-12-25)21-9-10-23-15-20-28(31)29(22-23)33-26-13-7-4-8-14-26/h4,7-8,13-20,22,25H,3,5-6,9-12,21H2,1-2H3. The highest BCUT2D eigenvalue weighted by Gasteiger charge is 2.21. The maximum absolute atomic E-state index is 14.2. The zero-order valence-corrected chi connectivity index (χ0v) is 19.9. The number of para-hydroxylation sites is 1. The van der Waals surface area contributed by atoms with Crippen molar-refractivity contribution in [2.24, 2.45) is 0 Å². The molecular weight excluding hydrogens is 411 g/mol. The Kier molecular flexibility index (Phi) is 7.69. The third-order valence-electron chi connectivity index (χ3n) is 6.72. The molecule has 0 N–H and O–H groups in total. The Morgan fingerprint density at radius 2 is 1.58 bits per heavy atom. The van der Waals surface area contributed by atoms with Crippen molar-refractivity contribution in [1.29, 1.82) is 0 Å². The first kappa shape index (κ1) is 23.4. The van der Waals surface area contributed by atoms with Crippen LogP contribution in [0.4, 0.5) is 4.39 Å². The molecule has 0 amide bonds. The molecule has 0 radical (unpaired) electrons. The third kappa shape index (κ3) is 6.60. The summed E-state index contributed by atoms with van der Waals surface area (Å²) >= 11 is 0. The average molecular weight is 447 g/mol. The van der Waals surface area contributed by atoms with Gasteiger partial charge in [-0.3, -0.25) is 0 Å². The summed E-state index contributed by atoms with van der Waals surface area (Å²) in [4.78, 5) is 0. The van der Waals surface area contributed by atoms with E-state index in [4.69, 9.17) is 9.47 Å². The summed E-state index contributed by atoms with van der Waals surface area (Å²) in [5.41, 5.74) is 2.48. The van der Waals surface area contributed by atoms with Gasteiger partial charge in [-0.15, -0.1) is 0 Å². The van der Waals surface area contributed by atoms with Crippen LogP contribution in [-0.4, -0.2) is 6.10 Å². The van der Waals surface area contributed by atoms with Crippen molar-refractivity contribution in [3.63, 3.8) is 0 Å². The molecule has 0 unspecified atom stereocenters. The van der Waals surface area contributed by atoms with Crippen LogP contribution in [0.3, 0.4) is 0 Å². The van der Waals surface area contributed by atoms with E-state index in [1.54, 1.807) is 0 Å². The molecule has 174 valence electrons. The Balaban J connectivity index is 1.31. The van der Waals surface area contributed by atoms with Crippen LogP contribution in [0.15, 0.2) is 72.8 Å². The van der Waals surface area contributed by atoms with Crippen molar-refractivity contribution >= 4 is 0 Å². The first-order valence-corrected chi connectivity index (χ1v) is 12.3. The third-order valence-corrected chi connectivity index (χ3v) is 6.72. The second-order valence-electron chi connectivity index (χ2n) is 9.82. The second kappa shape index (κ2) is 10.9. The number of hydrogen-bond acceptors (Lipinski definition) is 2. The number of rotatable bonds is 9. The SMILES string of the molecule is CC(C)(CCCc1ccc(F)c(Oc2ccccc2)c1)c1ccc(OC2CCCCC2)cc1. The van der Waals surface area contributed by atoms with E-state index in [1.807, 2.05) is 42.5 Å². The van der Waals surface area contributed by atoms with Gasteiger partial charge in [-0.1, -0.05) is 56.7 Å². The molecule has 1 saturated carbocycles. The quantitative estimate of drug-likeness (QED) is 0.327. The summed E-state index contributed by atoms with van der Waals surface area (Å²) in [6.45, 7) is 4.58. The lowest BCUT2D eigenvalue weighted by atomic mass is 9.80. The van der Waals surface area contributed by atoms with Gasteiger partial charge in [0.1, 0.15) is 11.5 Å². The molecule has 0 aliphatic heterocycles. The number of benzene rings is 3. The Morgan fingerprint density at radius 1 is 0.848 bits per heavy atom. The van der Waals surface area contributed by atoms with Gasteiger partial charge in [0.05, 0.1) is 6.10 Å². The highest BCUT2D eigenvalue weighted by molar-refractivity contribution is 5.35. The minimum absolute atomic E-state index is 0.0623. The average Bonchev–Trinajstić information content (AvgIpc) is 2.83. The van der Waals surface area contributed by atoms with E-state index in [9.17, 15) is 4.39 Å². The molecule has 33 heavy (non-hydrogen) atoms. The lowest BCUT2D eigenvalue weighted by molar-refractivity contribution is 0.155. The normalized spacial score (nSPS) is 14.8. The fraction of sp³-hybridized carbons (Fsp3) is 0.400. The summed E-state index contributed by atoms with van der Waals surface area (Å²) in [5, 5.41) is 0. The summed E-state index contributed by atoms with van der Waals surface area (Å²) in [6.07, 6.45) is 9.58. The minimum Gasteiger partial charge on any atom is -0.490 e. The van der Waals surface area contributed by atoms with Gasteiger partial charge in [0.25, 0.3) is 0 Å². The number of ether oxygens (including phenoxy) is 2. The van der Waals surface area contributed by atoms with Crippen molar-refractivity contribution in [3.8, 4) is 17.2 Å². The van der Waals surface area contributed by atoms with E-state index in [-0.39, 0.29) is 17.0 Å². The molecule has 0 saturated heterocycles. The van der Waals surface area contributed by atoms with Gasteiger partial charge in [0.2, 0.25) is 0 Å². The van der Waals surface area contributed by atoms with Gasteiger partial charge in [-0.05, 0) is 97.9 Å². The van der Waals surface area contributed by atoms with E-state index in [0.29, 0.717) is 11.9 Å². The van der Waals surface area contributed by atoms with E-state index in [2.05, 4.69) is 38.1 Å². The molecule has 3 heteroatoms. The maximum Gasteiger partial charge on any atom is 0.165 e. The van der Waals surface area contributed by atoms with Crippen LogP contribution in [0.1, 0.15) is 69.9 Å². The van der Waals surface area contributed by atoms with Crippen molar-refractivity contribution in [1.82, 2.24) is 0 Å². The highest BCUT2D eigenvalue weighted by atomic mass is 19.1. The lowest BCUT2D eigenvalue weighted by Gasteiger charge is -2.27. The first-order valence-electron chi connectivity index (χ1n) is 12.3. The molecule has 0 spiro atoms.